The third-order valence-electron chi connectivity index (χ3n) is 6.68. The number of methoxy groups -OCH3 is 1. The number of ketones is 1. The molecule has 0 N–H and O–H groups in total. The summed E-state index contributed by atoms with van der Waals surface area (Å²) in [5, 5.41) is 9.47. The van der Waals surface area contributed by atoms with Crippen LogP contribution < -0.4 is 4.74 Å². The van der Waals surface area contributed by atoms with Crippen molar-refractivity contribution in [2.75, 3.05) is 13.7 Å². The van der Waals surface area contributed by atoms with E-state index < -0.39 is 0 Å². The molecule has 4 aromatic rings. The molecule has 186 valence electrons. The van der Waals surface area contributed by atoms with E-state index in [9.17, 15) is 9.59 Å². The summed E-state index contributed by atoms with van der Waals surface area (Å²) in [6, 6.07) is 6.99. The van der Waals surface area contributed by atoms with Crippen LogP contribution in [0, 0.1) is 0 Å². The van der Waals surface area contributed by atoms with Gasteiger partial charge < -0.3 is 9.64 Å². The van der Waals surface area contributed by atoms with Gasteiger partial charge in [-0.2, -0.15) is 10.2 Å². The number of fused-ring (bicyclic) bond motifs is 1. The van der Waals surface area contributed by atoms with E-state index in [1.165, 1.54) is 6.20 Å². The summed E-state index contributed by atoms with van der Waals surface area (Å²) in [7, 11) is 1.57. The fourth-order valence-corrected chi connectivity index (χ4v) is 5.02. The molecule has 1 aliphatic heterocycles. The zero-order chi connectivity index (χ0) is 25.4. The van der Waals surface area contributed by atoms with Gasteiger partial charge >= 0.3 is 0 Å². The first-order valence-corrected chi connectivity index (χ1v) is 12.2. The first-order valence-electron chi connectivity index (χ1n) is 11.8. The van der Waals surface area contributed by atoms with E-state index >= 15 is 0 Å². The van der Waals surface area contributed by atoms with Crippen LogP contribution in [0.2, 0.25) is 5.02 Å². The van der Waals surface area contributed by atoms with Crippen LogP contribution in [-0.2, 0) is 17.8 Å². The van der Waals surface area contributed by atoms with Crippen LogP contribution in [0.4, 0.5) is 0 Å². The molecule has 1 fully saturated rings. The number of nitrogens with zero attached hydrogens (tertiary/aromatic N) is 6. The SMILES string of the molecule is COc1ccc(Cl)cc1-c1nn(CC(=O)N2CCCC2(C)C)cc1CC(=O)c1cnn2cccnc12. The number of carbonyl (C=O) groups excluding carboxylic acids is 2. The highest BCUT2D eigenvalue weighted by atomic mass is 35.5. The Kier molecular flexibility index (Phi) is 6.26. The molecule has 1 aromatic carbocycles. The Morgan fingerprint density at radius 2 is 2.08 bits per heavy atom. The fraction of sp³-hybridized carbons (Fsp3) is 0.346. The third-order valence-corrected chi connectivity index (χ3v) is 6.92. The van der Waals surface area contributed by atoms with Gasteiger partial charge in [-0.1, -0.05) is 11.6 Å². The van der Waals surface area contributed by atoms with Gasteiger partial charge in [0.1, 0.15) is 12.3 Å². The Hall–Kier alpha value is -3.72. The predicted octanol–water partition coefficient (Wildman–Crippen LogP) is 4.08. The third kappa shape index (κ3) is 4.46. The zero-order valence-corrected chi connectivity index (χ0v) is 21.2. The minimum absolute atomic E-state index is 0.00526. The summed E-state index contributed by atoms with van der Waals surface area (Å²) < 4.78 is 8.72. The number of amides is 1. The summed E-state index contributed by atoms with van der Waals surface area (Å²) in [5.41, 5.74) is 2.58. The number of ether oxygens (including phenoxy) is 1. The maximum atomic E-state index is 13.4. The number of hydrogen-bond acceptors (Lipinski definition) is 6. The molecule has 1 aliphatic rings. The number of benzene rings is 1. The Balaban J connectivity index is 1.52. The summed E-state index contributed by atoms with van der Waals surface area (Å²) in [4.78, 5) is 32.7. The molecule has 1 saturated heterocycles. The van der Waals surface area contributed by atoms with Crippen molar-refractivity contribution >= 4 is 28.9 Å². The van der Waals surface area contributed by atoms with Crippen LogP contribution in [0.3, 0.4) is 0 Å². The van der Waals surface area contributed by atoms with Crippen molar-refractivity contribution in [3.05, 3.63) is 65.2 Å². The van der Waals surface area contributed by atoms with Crippen LogP contribution in [0.15, 0.2) is 49.1 Å². The largest absolute Gasteiger partial charge is 0.496 e. The number of Topliss-reactive ketones (excluding diaryl/α,β-unsaturated/α-hetero) is 1. The molecule has 0 spiro atoms. The molecule has 10 heteroatoms. The first kappa shape index (κ1) is 24.0. The lowest BCUT2D eigenvalue weighted by molar-refractivity contribution is -0.135. The number of halogens is 1. The van der Waals surface area contributed by atoms with Crippen LogP contribution in [-0.4, -0.2) is 60.2 Å². The average Bonchev–Trinajstić information content (AvgIpc) is 3.55. The molecule has 0 unspecified atom stereocenters. The molecule has 0 bridgehead atoms. The van der Waals surface area contributed by atoms with Gasteiger partial charge in [-0.15, -0.1) is 0 Å². The van der Waals surface area contributed by atoms with Crippen molar-refractivity contribution in [2.24, 2.45) is 0 Å². The lowest BCUT2D eigenvalue weighted by Crippen LogP contribution is -2.44. The standard InChI is InChI=1S/C26H27ClN6O3/c1-26(2)8-4-10-32(26)23(35)16-31-15-17(24(30-31)19-13-18(27)6-7-22(19)36-3)12-21(34)20-14-29-33-11-5-9-28-25(20)33/h5-7,9,11,13-15H,4,8,10,12,16H2,1-3H3. The van der Waals surface area contributed by atoms with Crippen molar-refractivity contribution in [2.45, 2.75) is 45.2 Å². The molecule has 0 aliphatic carbocycles. The highest BCUT2D eigenvalue weighted by molar-refractivity contribution is 6.31. The van der Waals surface area contributed by atoms with E-state index in [1.54, 1.807) is 59.2 Å². The predicted molar refractivity (Wildman–Crippen MR) is 135 cm³/mol. The first-order chi connectivity index (χ1) is 17.3. The lowest BCUT2D eigenvalue weighted by atomic mass is 10.0. The summed E-state index contributed by atoms with van der Waals surface area (Å²) in [5.74, 6) is 0.412. The minimum atomic E-state index is -0.182. The van der Waals surface area contributed by atoms with Gasteiger partial charge in [0.15, 0.2) is 11.4 Å². The van der Waals surface area contributed by atoms with E-state index in [0.717, 1.165) is 19.4 Å². The Bertz CT molecular complexity index is 1460. The maximum Gasteiger partial charge on any atom is 0.244 e. The average molecular weight is 507 g/mol. The van der Waals surface area contributed by atoms with Gasteiger partial charge in [-0.25, -0.2) is 9.50 Å². The Morgan fingerprint density at radius 3 is 2.83 bits per heavy atom. The highest BCUT2D eigenvalue weighted by Gasteiger charge is 2.35. The van der Waals surface area contributed by atoms with Crippen molar-refractivity contribution in [1.82, 2.24) is 29.3 Å². The summed E-state index contributed by atoms with van der Waals surface area (Å²) >= 11 is 6.30. The molecule has 0 saturated carbocycles. The normalized spacial score (nSPS) is 14.9. The van der Waals surface area contributed by atoms with Crippen molar-refractivity contribution in [3.8, 4) is 17.0 Å². The monoisotopic (exact) mass is 506 g/mol. The molecular weight excluding hydrogens is 480 g/mol. The second-order valence-corrected chi connectivity index (χ2v) is 9.99. The molecule has 5 rings (SSSR count). The lowest BCUT2D eigenvalue weighted by Gasteiger charge is -2.31. The molecule has 4 heterocycles. The van der Waals surface area contributed by atoms with E-state index in [2.05, 4.69) is 23.9 Å². The van der Waals surface area contributed by atoms with Crippen molar-refractivity contribution in [1.29, 1.82) is 0 Å². The van der Waals surface area contributed by atoms with Gasteiger partial charge in [-0.05, 0) is 51.0 Å². The van der Waals surface area contributed by atoms with Gasteiger partial charge in [0.2, 0.25) is 5.91 Å². The van der Waals surface area contributed by atoms with E-state index in [1.807, 2.05) is 4.90 Å². The second-order valence-electron chi connectivity index (χ2n) is 9.55. The summed E-state index contributed by atoms with van der Waals surface area (Å²) in [6.07, 6.45) is 8.64. The smallest absolute Gasteiger partial charge is 0.244 e. The van der Waals surface area contributed by atoms with Crippen molar-refractivity contribution in [3.63, 3.8) is 0 Å². The highest BCUT2D eigenvalue weighted by Crippen LogP contribution is 2.35. The number of hydrogen-bond donors (Lipinski definition) is 0. The van der Waals surface area contributed by atoms with E-state index in [4.69, 9.17) is 21.4 Å². The van der Waals surface area contributed by atoms with Gasteiger partial charge in [-0.3, -0.25) is 14.3 Å². The molecular formula is C26H27ClN6O3. The van der Waals surface area contributed by atoms with E-state index in [0.29, 0.717) is 38.8 Å². The van der Waals surface area contributed by atoms with Crippen molar-refractivity contribution < 1.29 is 14.3 Å². The van der Waals surface area contributed by atoms with Gasteiger partial charge in [0.05, 0.1) is 24.6 Å². The van der Waals surface area contributed by atoms with Crippen LogP contribution >= 0.6 is 11.6 Å². The van der Waals surface area contributed by atoms with Crippen LogP contribution in [0.25, 0.3) is 16.9 Å². The number of carbonyl (C=O) groups is 2. The Morgan fingerprint density at radius 1 is 1.25 bits per heavy atom. The molecule has 1 amide bonds. The molecule has 36 heavy (non-hydrogen) atoms. The molecule has 3 aromatic heterocycles. The van der Waals surface area contributed by atoms with Gasteiger partial charge in [0.25, 0.3) is 0 Å². The summed E-state index contributed by atoms with van der Waals surface area (Å²) in [6.45, 7) is 4.97. The van der Waals surface area contributed by atoms with Gasteiger partial charge in [0, 0.05) is 53.2 Å². The number of rotatable bonds is 7. The van der Waals surface area contributed by atoms with Crippen LogP contribution in [0.5, 0.6) is 5.75 Å². The number of likely N-dealkylation sites (tertiary alicyclic amines) is 1. The second kappa shape index (κ2) is 9.39. The minimum Gasteiger partial charge on any atom is -0.496 e. The topological polar surface area (TPSA) is 94.6 Å². The van der Waals surface area contributed by atoms with E-state index in [-0.39, 0.29) is 30.2 Å². The maximum absolute atomic E-state index is 13.4. The number of aromatic nitrogens is 5. The van der Waals surface area contributed by atoms with Crippen LogP contribution in [0.1, 0.15) is 42.6 Å². The molecule has 9 nitrogen and oxygen atoms in total. The Labute approximate surface area is 213 Å². The zero-order valence-electron chi connectivity index (χ0n) is 20.4. The molecule has 0 atom stereocenters. The molecule has 0 radical (unpaired) electrons. The fourth-order valence-electron chi connectivity index (χ4n) is 4.85. The quantitative estimate of drug-likeness (QED) is 0.350.